The van der Waals surface area contributed by atoms with E-state index in [9.17, 15) is 14.5 Å². The minimum atomic E-state index is -0.794. The maximum Gasteiger partial charge on any atom is 0.272 e. The van der Waals surface area contributed by atoms with Gasteiger partial charge in [0.15, 0.2) is 11.6 Å². The molecule has 1 fully saturated rings. The minimum Gasteiger partial charge on any atom is -0.453 e. The normalized spacial score (nSPS) is 15.1. The lowest BCUT2D eigenvalue weighted by atomic mass is 10.2. The molecule has 0 amide bonds. The van der Waals surface area contributed by atoms with Gasteiger partial charge in [0, 0.05) is 67.7 Å². The van der Waals surface area contributed by atoms with Crippen LogP contribution in [-0.2, 0) is 6.54 Å². The number of non-ortho nitro benzene ring substituents is 1. The molecular formula is C23H23FN6O3S. The van der Waals surface area contributed by atoms with Crippen LogP contribution in [0.1, 0.15) is 0 Å². The highest BCUT2D eigenvalue weighted by Crippen LogP contribution is 2.39. The molecule has 176 valence electrons. The number of nitro benzene ring substituents is 1. The molecule has 1 aromatic carbocycles. The van der Waals surface area contributed by atoms with Crippen LogP contribution in [0.5, 0.6) is 11.5 Å². The fourth-order valence-corrected chi connectivity index (χ4v) is 4.91. The van der Waals surface area contributed by atoms with Gasteiger partial charge in [0.05, 0.1) is 33.9 Å². The molecule has 0 atom stereocenters. The van der Waals surface area contributed by atoms with Crippen LogP contribution in [0, 0.1) is 15.9 Å². The van der Waals surface area contributed by atoms with Crippen LogP contribution < -0.4 is 4.74 Å². The third-order valence-electron chi connectivity index (χ3n) is 5.88. The van der Waals surface area contributed by atoms with Crippen LogP contribution in [0.25, 0.3) is 20.7 Å². The average molecular weight is 483 g/mol. The van der Waals surface area contributed by atoms with E-state index in [4.69, 9.17) is 4.74 Å². The van der Waals surface area contributed by atoms with Gasteiger partial charge in [-0.25, -0.2) is 4.39 Å². The molecule has 4 heterocycles. The number of nitro groups is 1. The molecule has 1 saturated heterocycles. The van der Waals surface area contributed by atoms with Gasteiger partial charge >= 0.3 is 0 Å². The summed E-state index contributed by atoms with van der Waals surface area (Å²) in [5.74, 6) is -0.432. The molecule has 0 bridgehead atoms. The Labute approximate surface area is 199 Å². The number of fused-ring (bicyclic) bond motifs is 1. The average Bonchev–Trinajstić information content (AvgIpc) is 3.47. The number of pyridine rings is 1. The zero-order chi connectivity index (χ0) is 23.7. The van der Waals surface area contributed by atoms with Crippen LogP contribution >= 0.6 is 11.3 Å². The molecule has 0 N–H and O–H groups in total. The minimum absolute atomic E-state index is 0.0789. The Morgan fingerprint density at radius 1 is 1.15 bits per heavy atom. The van der Waals surface area contributed by atoms with Crippen molar-refractivity contribution in [2.45, 2.75) is 6.54 Å². The Balaban J connectivity index is 1.32. The highest BCUT2D eigenvalue weighted by molar-refractivity contribution is 7.22. The van der Waals surface area contributed by atoms with Gasteiger partial charge in [0.25, 0.3) is 5.69 Å². The monoisotopic (exact) mass is 482 g/mol. The Kier molecular flexibility index (Phi) is 6.22. The second-order valence-electron chi connectivity index (χ2n) is 8.24. The van der Waals surface area contributed by atoms with E-state index < -0.39 is 10.7 Å². The second-order valence-corrected chi connectivity index (χ2v) is 9.30. The topological polar surface area (TPSA) is 89.6 Å². The van der Waals surface area contributed by atoms with Crippen LogP contribution in [0.2, 0.25) is 0 Å². The third kappa shape index (κ3) is 4.76. The molecule has 9 nitrogen and oxygen atoms in total. The predicted molar refractivity (Wildman–Crippen MR) is 128 cm³/mol. The van der Waals surface area contributed by atoms with Crippen molar-refractivity contribution in [2.24, 2.45) is 0 Å². The molecule has 0 unspecified atom stereocenters. The van der Waals surface area contributed by atoms with Crippen LogP contribution in [0.15, 0.2) is 48.9 Å². The van der Waals surface area contributed by atoms with Crippen molar-refractivity contribution in [3.63, 3.8) is 0 Å². The van der Waals surface area contributed by atoms with E-state index in [1.165, 1.54) is 23.5 Å². The molecule has 1 aliphatic rings. The van der Waals surface area contributed by atoms with Crippen molar-refractivity contribution in [3.05, 3.63) is 64.9 Å². The summed E-state index contributed by atoms with van der Waals surface area (Å²) in [6, 6.07) is 6.94. The van der Waals surface area contributed by atoms with Crippen LogP contribution in [-0.4, -0.2) is 69.3 Å². The summed E-state index contributed by atoms with van der Waals surface area (Å²) in [7, 11) is 2.15. The van der Waals surface area contributed by atoms with Crippen LogP contribution in [0.3, 0.4) is 0 Å². The third-order valence-corrected chi connectivity index (χ3v) is 7.07. The molecule has 4 aromatic rings. The van der Waals surface area contributed by atoms with Crippen molar-refractivity contribution < 1.29 is 14.1 Å². The predicted octanol–water partition coefficient (Wildman–Crippen LogP) is 4.25. The van der Waals surface area contributed by atoms with E-state index >= 15 is 0 Å². The molecule has 0 saturated carbocycles. The molecule has 34 heavy (non-hydrogen) atoms. The molecule has 1 aliphatic heterocycles. The zero-order valence-electron chi connectivity index (χ0n) is 18.6. The molecular weight excluding hydrogens is 459 g/mol. The lowest BCUT2D eigenvalue weighted by Crippen LogP contribution is -2.45. The van der Waals surface area contributed by atoms with Crippen molar-refractivity contribution in [1.29, 1.82) is 0 Å². The Bertz CT molecular complexity index is 1330. The first kappa shape index (κ1) is 22.4. The van der Waals surface area contributed by atoms with Crippen molar-refractivity contribution in [3.8, 4) is 21.9 Å². The molecule has 5 rings (SSSR count). The highest BCUT2D eigenvalue weighted by atomic mass is 32.1. The molecule has 0 spiro atoms. The number of hydrogen-bond acceptors (Lipinski definition) is 8. The Morgan fingerprint density at radius 3 is 2.74 bits per heavy atom. The van der Waals surface area contributed by atoms with Gasteiger partial charge in [-0.1, -0.05) is 0 Å². The largest absolute Gasteiger partial charge is 0.453 e. The molecule has 0 aliphatic carbocycles. The van der Waals surface area contributed by atoms with E-state index in [1.54, 1.807) is 12.3 Å². The number of halogens is 1. The number of nitrogens with zero attached hydrogens (tertiary/aromatic N) is 6. The summed E-state index contributed by atoms with van der Waals surface area (Å²) in [6.45, 7) is 6.11. The summed E-state index contributed by atoms with van der Waals surface area (Å²) in [6.07, 6.45) is 5.46. The number of thiophene rings is 1. The standard InChI is InChI=1S/C23H23FN6O3S/c1-27-6-8-28(9-7-27)10-11-29-15-16(14-26-29)22-13-19-23(34-22)21(4-5-25-19)33-20-3-2-17(30(31)32)12-18(20)24/h2-5,12-15H,6-11H2,1H3. The number of rotatable bonds is 7. The van der Waals surface area contributed by atoms with E-state index in [0.717, 1.165) is 66.0 Å². The first-order chi connectivity index (χ1) is 16.5. The van der Waals surface area contributed by atoms with E-state index in [0.29, 0.717) is 5.75 Å². The smallest absolute Gasteiger partial charge is 0.272 e. The van der Waals surface area contributed by atoms with Crippen molar-refractivity contribution in [2.75, 3.05) is 39.8 Å². The highest BCUT2D eigenvalue weighted by Gasteiger charge is 2.17. The van der Waals surface area contributed by atoms with Gasteiger partial charge < -0.3 is 9.64 Å². The summed E-state index contributed by atoms with van der Waals surface area (Å²) in [4.78, 5) is 20.4. The first-order valence-corrected chi connectivity index (χ1v) is 11.7. The van der Waals surface area contributed by atoms with Gasteiger partial charge in [-0.2, -0.15) is 5.10 Å². The van der Waals surface area contributed by atoms with E-state index in [2.05, 4.69) is 26.9 Å². The molecule has 3 aromatic heterocycles. The van der Waals surface area contributed by atoms with Gasteiger partial charge in [-0.3, -0.25) is 24.7 Å². The fourth-order valence-electron chi connectivity index (χ4n) is 3.87. The van der Waals surface area contributed by atoms with Crippen molar-refractivity contribution >= 4 is 27.2 Å². The molecule has 11 heteroatoms. The first-order valence-electron chi connectivity index (χ1n) is 10.9. The summed E-state index contributed by atoms with van der Waals surface area (Å²) >= 11 is 1.48. The van der Waals surface area contributed by atoms with Gasteiger partial charge in [-0.15, -0.1) is 11.3 Å². The van der Waals surface area contributed by atoms with E-state index in [-0.39, 0.29) is 11.4 Å². The molecule has 0 radical (unpaired) electrons. The number of ether oxygens (including phenoxy) is 1. The lowest BCUT2D eigenvalue weighted by molar-refractivity contribution is -0.385. The zero-order valence-corrected chi connectivity index (χ0v) is 19.4. The number of piperazine rings is 1. The van der Waals surface area contributed by atoms with Gasteiger partial charge in [-0.05, 0) is 19.2 Å². The fraction of sp³-hybridized carbons (Fsp3) is 0.304. The maximum absolute atomic E-state index is 14.3. The van der Waals surface area contributed by atoms with E-state index in [1.807, 2.05) is 23.1 Å². The lowest BCUT2D eigenvalue weighted by Gasteiger charge is -2.32. The summed E-state index contributed by atoms with van der Waals surface area (Å²) < 4.78 is 22.8. The van der Waals surface area contributed by atoms with Gasteiger partial charge in [0.1, 0.15) is 5.75 Å². The summed E-state index contributed by atoms with van der Waals surface area (Å²) in [5, 5.41) is 15.4. The quantitative estimate of drug-likeness (QED) is 0.287. The number of likely N-dealkylation sites (N-methyl/N-ethyl adjacent to an activating group) is 1. The Morgan fingerprint density at radius 2 is 1.97 bits per heavy atom. The number of aromatic nitrogens is 3. The maximum atomic E-state index is 14.3. The number of benzene rings is 1. The summed E-state index contributed by atoms with van der Waals surface area (Å²) in [5.41, 5.74) is 1.38. The van der Waals surface area contributed by atoms with Gasteiger partial charge in [0.2, 0.25) is 0 Å². The Hall–Kier alpha value is -3.41. The van der Waals surface area contributed by atoms with Crippen LogP contribution in [0.4, 0.5) is 10.1 Å². The number of hydrogen-bond donors (Lipinski definition) is 0. The SMILES string of the molecule is CN1CCN(CCn2cc(-c3cc4nccc(Oc5ccc([N+](=O)[O-])cc5F)c4s3)cn2)CC1. The second kappa shape index (κ2) is 9.45. The van der Waals surface area contributed by atoms with Crippen molar-refractivity contribution in [1.82, 2.24) is 24.6 Å².